The van der Waals surface area contributed by atoms with Gasteiger partial charge in [0.15, 0.2) is 5.82 Å². The molecule has 4 heterocycles. The summed E-state index contributed by atoms with van der Waals surface area (Å²) in [7, 11) is 1.72. The lowest BCUT2D eigenvalue weighted by atomic mass is 10.2. The highest BCUT2D eigenvalue weighted by molar-refractivity contribution is 7.13. The zero-order valence-corrected chi connectivity index (χ0v) is 18.0. The third kappa shape index (κ3) is 3.53. The fourth-order valence-corrected chi connectivity index (χ4v) is 4.38. The van der Waals surface area contributed by atoms with Crippen molar-refractivity contribution in [3.63, 3.8) is 0 Å². The van der Waals surface area contributed by atoms with Gasteiger partial charge in [-0.25, -0.2) is 0 Å². The van der Waals surface area contributed by atoms with Crippen molar-refractivity contribution in [3.8, 4) is 10.8 Å². The van der Waals surface area contributed by atoms with Crippen LogP contribution in [0, 0.1) is 0 Å². The van der Waals surface area contributed by atoms with Crippen LogP contribution in [0.4, 0.5) is 0 Å². The molecule has 0 aliphatic carbocycles. The van der Waals surface area contributed by atoms with Crippen LogP contribution in [-0.4, -0.2) is 40.8 Å². The van der Waals surface area contributed by atoms with Crippen molar-refractivity contribution in [2.45, 2.75) is 26.4 Å². The van der Waals surface area contributed by atoms with Crippen molar-refractivity contribution in [3.05, 3.63) is 63.8 Å². The number of thiophene rings is 1. The Morgan fingerprint density at radius 3 is 2.74 bits per heavy atom. The molecule has 0 spiro atoms. The van der Waals surface area contributed by atoms with Gasteiger partial charge in [0.2, 0.25) is 11.7 Å². The first kappa shape index (κ1) is 19.6. The minimum atomic E-state index is -0.0839. The monoisotopic (exact) mass is 435 g/mol. The summed E-state index contributed by atoms with van der Waals surface area (Å²) in [6.45, 7) is 3.99. The molecule has 0 atom stereocenters. The third-order valence-electron chi connectivity index (χ3n) is 5.16. The number of para-hydroxylation sites is 1. The predicted octanol–water partition coefficient (Wildman–Crippen LogP) is 3.10. The topological polar surface area (TPSA) is 94.3 Å². The van der Waals surface area contributed by atoms with Gasteiger partial charge in [0.1, 0.15) is 0 Å². The largest absolute Gasteiger partial charge is 0.419 e. The van der Waals surface area contributed by atoms with Crippen molar-refractivity contribution >= 4 is 28.0 Å². The Morgan fingerprint density at radius 2 is 1.94 bits per heavy atom. The highest BCUT2D eigenvalue weighted by Crippen LogP contribution is 2.23. The number of rotatable bonds is 7. The molecule has 31 heavy (non-hydrogen) atoms. The SMILES string of the molecule is CCCN(Cc1nnc(-c2cccs2)o1)Cc1nnc2n(C)c(=O)c3ccccc3n12. The molecule has 0 saturated carbocycles. The molecule has 0 fully saturated rings. The predicted molar refractivity (Wildman–Crippen MR) is 118 cm³/mol. The number of aromatic nitrogens is 6. The van der Waals surface area contributed by atoms with E-state index in [1.165, 1.54) is 4.57 Å². The lowest BCUT2D eigenvalue weighted by Gasteiger charge is -2.19. The van der Waals surface area contributed by atoms with E-state index < -0.39 is 0 Å². The van der Waals surface area contributed by atoms with Crippen LogP contribution in [0.15, 0.2) is 51.0 Å². The maximum Gasteiger partial charge on any atom is 0.262 e. The summed E-state index contributed by atoms with van der Waals surface area (Å²) in [5.41, 5.74) is 0.717. The molecule has 0 N–H and O–H groups in total. The van der Waals surface area contributed by atoms with E-state index in [9.17, 15) is 4.79 Å². The van der Waals surface area contributed by atoms with Crippen molar-refractivity contribution in [1.82, 2.24) is 34.3 Å². The second-order valence-electron chi connectivity index (χ2n) is 7.32. The van der Waals surface area contributed by atoms with Crippen molar-refractivity contribution in [2.24, 2.45) is 7.05 Å². The Kier molecular flexibility index (Phi) is 5.08. The molecule has 0 aliphatic rings. The average molecular weight is 436 g/mol. The number of nitrogens with zero attached hydrogens (tertiary/aromatic N) is 7. The van der Waals surface area contributed by atoms with Crippen LogP contribution in [0.5, 0.6) is 0 Å². The Bertz CT molecular complexity index is 1400. The minimum absolute atomic E-state index is 0.0839. The summed E-state index contributed by atoms with van der Waals surface area (Å²) in [5.74, 6) is 2.37. The average Bonchev–Trinajstić information content (AvgIpc) is 3.53. The standard InChI is InChI=1S/C21H21N7O2S/c1-3-10-27(13-18-23-24-19(30-18)16-9-6-11-31-16)12-17-22-25-21-26(2)20(29)14-7-4-5-8-15(14)28(17)21/h4-9,11H,3,10,12-13H2,1-2H3. The van der Waals surface area contributed by atoms with E-state index >= 15 is 0 Å². The maximum atomic E-state index is 12.7. The molecule has 0 radical (unpaired) electrons. The molecule has 10 heteroatoms. The van der Waals surface area contributed by atoms with Crippen LogP contribution in [0.3, 0.4) is 0 Å². The van der Waals surface area contributed by atoms with Crippen LogP contribution in [0.25, 0.3) is 27.4 Å². The molecule has 9 nitrogen and oxygen atoms in total. The van der Waals surface area contributed by atoms with Gasteiger partial charge in [0.05, 0.1) is 28.9 Å². The first-order chi connectivity index (χ1) is 15.2. The molecule has 5 aromatic rings. The van der Waals surface area contributed by atoms with Gasteiger partial charge in [-0.05, 0) is 36.5 Å². The number of aryl methyl sites for hydroxylation is 1. The Balaban J connectivity index is 1.49. The molecule has 1 aromatic carbocycles. The van der Waals surface area contributed by atoms with E-state index in [2.05, 4.69) is 32.2 Å². The molecular formula is C21H21N7O2S. The number of hydrogen-bond acceptors (Lipinski definition) is 8. The van der Waals surface area contributed by atoms with Crippen LogP contribution < -0.4 is 5.56 Å². The van der Waals surface area contributed by atoms with Crippen molar-refractivity contribution in [1.29, 1.82) is 0 Å². The third-order valence-corrected chi connectivity index (χ3v) is 6.01. The summed E-state index contributed by atoms with van der Waals surface area (Å²) in [6, 6.07) is 11.5. The van der Waals surface area contributed by atoms with Gasteiger partial charge in [0.25, 0.3) is 11.4 Å². The van der Waals surface area contributed by atoms with E-state index in [1.807, 2.05) is 46.2 Å². The zero-order valence-electron chi connectivity index (χ0n) is 17.2. The van der Waals surface area contributed by atoms with Gasteiger partial charge in [0, 0.05) is 7.05 Å². The molecule has 0 bridgehead atoms. The van der Waals surface area contributed by atoms with Gasteiger partial charge >= 0.3 is 0 Å². The number of benzene rings is 1. The highest BCUT2D eigenvalue weighted by Gasteiger charge is 2.19. The second-order valence-corrected chi connectivity index (χ2v) is 8.27. The van der Waals surface area contributed by atoms with Crippen molar-refractivity contribution in [2.75, 3.05) is 6.54 Å². The normalized spacial score (nSPS) is 11.8. The summed E-state index contributed by atoms with van der Waals surface area (Å²) in [5, 5.41) is 19.7. The van der Waals surface area contributed by atoms with Gasteiger partial charge < -0.3 is 4.42 Å². The number of fused-ring (bicyclic) bond motifs is 3. The van der Waals surface area contributed by atoms with Crippen molar-refractivity contribution < 1.29 is 4.42 Å². The molecule has 0 amide bonds. The maximum absolute atomic E-state index is 12.7. The van der Waals surface area contributed by atoms with Crippen LogP contribution in [0.1, 0.15) is 25.1 Å². The van der Waals surface area contributed by atoms with Crippen LogP contribution in [0.2, 0.25) is 0 Å². The highest BCUT2D eigenvalue weighted by atomic mass is 32.1. The minimum Gasteiger partial charge on any atom is -0.419 e. The molecule has 158 valence electrons. The van der Waals surface area contributed by atoms with Gasteiger partial charge in [-0.3, -0.25) is 18.7 Å². The molecule has 0 aliphatic heterocycles. The summed E-state index contributed by atoms with van der Waals surface area (Å²) in [6.07, 6.45) is 0.960. The Morgan fingerprint density at radius 1 is 1.06 bits per heavy atom. The molecule has 0 saturated heterocycles. The van der Waals surface area contributed by atoms with Gasteiger partial charge in [-0.15, -0.1) is 31.7 Å². The molecule has 0 unspecified atom stereocenters. The van der Waals surface area contributed by atoms with Gasteiger partial charge in [-0.1, -0.05) is 25.1 Å². The summed E-state index contributed by atoms with van der Waals surface area (Å²) in [4.78, 5) is 15.8. The molecular weight excluding hydrogens is 414 g/mol. The Labute approximate surface area is 181 Å². The van der Waals surface area contributed by atoms with Crippen LogP contribution >= 0.6 is 11.3 Å². The van der Waals surface area contributed by atoms with E-state index in [0.717, 1.165) is 29.2 Å². The second kappa shape index (κ2) is 8.05. The summed E-state index contributed by atoms with van der Waals surface area (Å²) >= 11 is 1.57. The zero-order chi connectivity index (χ0) is 21.4. The quantitative estimate of drug-likeness (QED) is 0.388. The van der Waals surface area contributed by atoms with Crippen LogP contribution in [-0.2, 0) is 20.1 Å². The first-order valence-corrected chi connectivity index (χ1v) is 10.9. The van der Waals surface area contributed by atoms with E-state index in [1.54, 1.807) is 18.4 Å². The Hall–Kier alpha value is -3.37. The molecule has 4 aromatic heterocycles. The number of hydrogen-bond donors (Lipinski definition) is 0. The molecule has 5 rings (SSSR count). The lowest BCUT2D eigenvalue weighted by Crippen LogP contribution is -2.26. The van der Waals surface area contributed by atoms with Gasteiger partial charge in [-0.2, -0.15) is 0 Å². The fraction of sp³-hybridized carbons (Fsp3) is 0.286. The van der Waals surface area contributed by atoms with E-state index in [4.69, 9.17) is 4.42 Å². The smallest absolute Gasteiger partial charge is 0.262 e. The first-order valence-electron chi connectivity index (χ1n) is 10.1. The lowest BCUT2D eigenvalue weighted by molar-refractivity contribution is 0.226. The fourth-order valence-electron chi connectivity index (χ4n) is 3.73. The summed E-state index contributed by atoms with van der Waals surface area (Å²) < 4.78 is 9.36. The van der Waals surface area contributed by atoms with E-state index in [-0.39, 0.29) is 5.56 Å². The van der Waals surface area contributed by atoms with E-state index in [0.29, 0.717) is 36.0 Å².